The standard InChI is InChI=1S/C8H14BrF3/c1-7(2,3)6(5-9)4-8(10,11)12/h6H,4-5H2,1-3H3. The summed E-state index contributed by atoms with van der Waals surface area (Å²) in [7, 11) is 0. The molecular formula is C8H14BrF3. The molecule has 0 aliphatic carbocycles. The van der Waals surface area contributed by atoms with Crippen LogP contribution >= 0.6 is 15.9 Å². The molecule has 0 aromatic rings. The maximum Gasteiger partial charge on any atom is 0.389 e. The number of alkyl halides is 4. The van der Waals surface area contributed by atoms with E-state index in [1.807, 2.05) is 20.8 Å². The fourth-order valence-electron chi connectivity index (χ4n) is 0.872. The number of rotatable bonds is 2. The summed E-state index contributed by atoms with van der Waals surface area (Å²) in [5, 5.41) is 0.399. The van der Waals surface area contributed by atoms with Crippen LogP contribution in [0.2, 0.25) is 0 Å². The Morgan fingerprint density at radius 1 is 1.17 bits per heavy atom. The molecule has 4 heteroatoms. The van der Waals surface area contributed by atoms with Gasteiger partial charge >= 0.3 is 6.18 Å². The molecule has 0 amide bonds. The fourth-order valence-corrected chi connectivity index (χ4v) is 2.07. The lowest BCUT2D eigenvalue weighted by Gasteiger charge is -2.29. The molecule has 0 radical (unpaired) electrons. The van der Waals surface area contributed by atoms with E-state index in [2.05, 4.69) is 15.9 Å². The smallest absolute Gasteiger partial charge is 0.171 e. The summed E-state index contributed by atoms with van der Waals surface area (Å²) in [6, 6.07) is 0. The van der Waals surface area contributed by atoms with E-state index in [-0.39, 0.29) is 11.3 Å². The average molecular weight is 247 g/mol. The van der Waals surface area contributed by atoms with Crippen molar-refractivity contribution in [2.75, 3.05) is 5.33 Å². The molecule has 0 spiro atoms. The summed E-state index contributed by atoms with van der Waals surface area (Å²) in [6.07, 6.45) is -4.76. The summed E-state index contributed by atoms with van der Waals surface area (Å²) < 4.78 is 36.0. The molecule has 0 aromatic carbocycles. The molecule has 0 aliphatic heterocycles. The highest BCUT2D eigenvalue weighted by atomic mass is 79.9. The Labute approximate surface area is 79.7 Å². The minimum Gasteiger partial charge on any atom is -0.171 e. The van der Waals surface area contributed by atoms with Gasteiger partial charge in [-0.25, -0.2) is 0 Å². The van der Waals surface area contributed by atoms with Gasteiger partial charge < -0.3 is 0 Å². The van der Waals surface area contributed by atoms with Gasteiger partial charge in [0.15, 0.2) is 0 Å². The van der Waals surface area contributed by atoms with Crippen LogP contribution in [-0.4, -0.2) is 11.5 Å². The van der Waals surface area contributed by atoms with Gasteiger partial charge in [0.25, 0.3) is 0 Å². The fraction of sp³-hybridized carbons (Fsp3) is 1.00. The molecule has 1 unspecified atom stereocenters. The summed E-state index contributed by atoms with van der Waals surface area (Å²) in [6.45, 7) is 5.47. The predicted octanol–water partition coefficient (Wildman–Crippen LogP) is 4.00. The van der Waals surface area contributed by atoms with Crippen molar-refractivity contribution in [3.05, 3.63) is 0 Å². The van der Waals surface area contributed by atoms with Crippen molar-refractivity contribution < 1.29 is 13.2 Å². The predicted molar refractivity (Wildman–Crippen MR) is 47.4 cm³/mol. The summed E-state index contributed by atoms with van der Waals surface area (Å²) in [5.41, 5.74) is -0.293. The molecular weight excluding hydrogens is 233 g/mol. The van der Waals surface area contributed by atoms with Crippen LogP contribution in [0.5, 0.6) is 0 Å². The van der Waals surface area contributed by atoms with Crippen LogP contribution in [0.15, 0.2) is 0 Å². The molecule has 0 N–H and O–H groups in total. The zero-order chi connectivity index (χ0) is 9.99. The van der Waals surface area contributed by atoms with Gasteiger partial charge in [-0.15, -0.1) is 0 Å². The average Bonchev–Trinajstić information content (AvgIpc) is 1.78. The van der Waals surface area contributed by atoms with Crippen molar-refractivity contribution in [2.24, 2.45) is 11.3 Å². The first-order valence-electron chi connectivity index (χ1n) is 3.79. The first-order chi connectivity index (χ1) is 5.17. The third kappa shape index (κ3) is 5.01. The van der Waals surface area contributed by atoms with E-state index in [4.69, 9.17) is 0 Å². The van der Waals surface area contributed by atoms with E-state index in [1.54, 1.807) is 0 Å². The first kappa shape index (κ1) is 12.3. The van der Waals surface area contributed by atoms with E-state index in [0.717, 1.165) is 0 Å². The maximum absolute atomic E-state index is 12.0. The Kier molecular flexibility index (Phi) is 4.08. The van der Waals surface area contributed by atoms with E-state index in [1.165, 1.54) is 0 Å². The Bertz CT molecular complexity index is 134. The third-order valence-corrected chi connectivity index (χ3v) is 2.67. The molecule has 0 aliphatic rings. The Morgan fingerprint density at radius 3 is 1.67 bits per heavy atom. The molecule has 0 bridgehead atoms. The molecule has 0 nitrogen and oxygen atoms in total. The van der Waals surface area contributed by atoms with Crippen molar-refractivity contribution in [3.63, 3.8) is 0 Å². The van der Waals surface area contributed by atoms with Crippen molar-refractivity contribution in [3.8, 4) is 0 Å². The zero-order valence-corrected chi connectivity index (χ0v) is 9.09. The van der Waals surface area contributed by atoms with Gasteiger partial charge in [0.05, 0.1) is 0 Å². The first-order valence-corrected chi connectivity index (χ1v) is 4.91. The topological polar surface area (TPSA) is 0 Å². The highest BCUT2D eigenvalue weighted by Gasteiger charge is 2.36. The van der Waals surface area contributed by atoms with Gasteiger partial charge in [-0.1, -0.05) is 36.7 Å². The lowest BCUT2D eigenvalue weighted by molar-refractivity contribution is -0.149. The van der Waals surface area contributed by atoms with Crippen LogP contribution in [0.4, 0.5) is 13.2 Å². The molecule has 0 aromatic heterocycles. The van der Waals surface area contributed by atoms with Crippen LogP contribution in [0, 0.1) is 11.3 Å². The monoisotopic (exact) mass is 246 g/mol. The molecule has 12 heavy (non-hydrogen) atoms. The molecule has 1 atom stereocenters. The summed E-state index contributed by atoms with van der Waals surface area (Å²) in [5.74, 6) is -0.350. The number of hydrogen-bond acceptors (Lipinski definition) is 0. The molecule has 0 saturated heterocycles. The van der Waals surface area contributed by atoms with Gasteiger partial charge in [0.1, 0.15) is 0 Å². The molecule has 0 saturated carbocycles. The van der Waals surface area contributed by atoms with E-state index in [9.17, 15) is 13.2 Å². The van der Waals surface area contributed by atoms with Gasteiger partial charge in [-0.2, -0.15) is 13.2 Å². The van der Waals surface area contributed by atoms with Crippen LogP contribution in [0.25, 0.3) is 0 Å². The highest BCUT2D eigenvalue weighted by molar-refractivity contribution is 9.09. The molecule has 0 rings (SSSR count). The van der Waals surface area contributed by atoms with E-state index < -0.39 is 12.6 Å². The van der Waals surface area contributed by atoms with Crippen molar-refractivity contribution in [2.45, 2.75) is 33.4 Å². The number of halogens is 4. The number of hydrogen-bond donors (Lipinski definition) is 0. The van der Waals surface area contributed by atoms with Crippen molar-refractivity contribution in [1.29, 1.82) is 0 Å². The van der Waals surface area contributed by atoms with Crippen LogP contribution in [0.1, 0.15) is 27.2 Å². The zero-order valence-electron chi connectivity index (χ0n) is 7.50. The lowest BCUT2D eigenvalue weighted by Crippen LogP contribution is -2.27. The van der Waals surface area contributed by atoms with Crippen LogP contribution < -0.4 is 0 Å². The summed E-state index contributed by atoms with van der Waals surface area (Å²) in [4.78, 5) is 0. The normalized spacial score (nSPS) is 16.2. The Morgan fingerprint density at radius 2 is 1.58 bits per heavy atom. The van der Waals surface area contributed by atoms with Crippen LogP contribution in [0.3, 0.4) is 0 Å². The van der Waals surface area contributed by atoms with Crippen molar-refractivity contribution >= 4 is 15.9 Å². The Balaban J connectivity index is 4.20. The Hall–Kier alpha value is 0.270. The minimum atomic E-state index is -4.05. The SMILES string of the molecule is CC(C)(C)C(CBr)CC(F)(F)F. The molecule has 0 heterocycles. The second-order valence-corrected chi connectivity index (χ2v) is 4.68. The maximum atomic E-state index is 12.0. The summed E-state index contributed by atoms with van der Waals surface area (Å²) >= 11 is 3.10. The van der Waals surface area contributed by atoms with E-state index in [0.29, 0.717) is 5.33 Å². The van der Waals surface area contributed by atoms with Gasteiger partial charge in [0.2, 0.25) is 0 Å². The van der Waals surface area contributed by atoms with Gasteiger partial charge in [-0.3, -0.25) is 0 Å². The van der Waals surface area contributed by atoms with Gasteiger partial charge in [0, 0.05) is 11.8 Å². The quantitative estimate of drug-likeness (QED) is 0.647. The second-order valence-electron chi connectivity index (χ2n) is 4.04. The van der Waals surface area contributed by atoms with Crippen molar-refractivity contribution in [1.82, 2.24) is 0 Å². The van der Waals surface area contributed by atoms with E-state index >= 15 is 0 Å². The largest absolute Gasteiger partial charge is 0.389 e. The van der Waals surface area contributed by atoms with Crippen LogP contribution in [-0.2, 0) is 0 Å². The molecule has 0 fully saturated rings. The lowest BCUT2D eigenvalue weighted by atomic mass is 9.80. The highest BCUT2D eigenvalue weighted by Crippen LogP contribution is 2.36. The molecule has 74 valence electrons. The third-order valence-electron chi connectivity index (χ3n) is 1.89. The second kappa shape index (κ2) is 3.99. The minimum absolute atomic E-state index is 0.293. The van der Waals surface area contributed by atoms with Gasteiger partial charge in [-0.05, 0) is 11.3 Å².